The molecule has 0 saturated carbocycles. The summed E-state index contributed by atoms with van der Waals surface area (Å²) in [7, 11) is -0.744. The van der Waals surface area contributed by atoms with Crippen molar-refractivity contribution in [1.29, 1.82) is 0 Å². The molecule has 0 radical (unpaired) electrons. The zero-order valence-corrected chi connectivity index (χ0v) is 11.3. The van der Waals surface area contributed by atoms with Crippen molar-refractivity contribution in [3.05, 3.63) is 16.0 Å². The van der Waals surface area contributed by atoms with E-state index in [1.54, 1.807) is 6.26 Å². The van der Waals surface area contributed by atoms with Gasteiger partial charge in [-0.15, -0.1) is 0 Å². The van der Waals surface area contributed by atoms with Gasteiger partial charge in [0.05, 0.1) is 4.47 Å². The van der Waals surface area contributed by atoms with E-state index in [1.165, 1.54) is 6.33 Å². The Bertz CT molecular complexity index is 364. The zero-order valence-electron chi connectivity index (χ0n) is 8.17. The van der Waals surface area contributed by atoms with Crippen molar-refractivity contribution >= 4 is 44.1 Å². The van der Waals surface area contributed by atoms with Crippen molar-refractivity contribution in [3.8, 4) is 0 Å². The van der Waals surface area contributed by atoms with Gasteiger partial charge in [0.25, 0.3) is 0 Å². The monoisotopic (exact) mass is 311 g/mol. The van der Waals surface area contributed by atoms with E-state index < -0.39 is 10.8 Å². The average molecular weight is 313 g/mol. The van der Waals surface area contributed by atoms with Crippen LogP contribution in [0.5, 0.6) is 0 Å². The van der Waals surface area contributed by atoms with Gasteiger partial charge in [-0.3, -0.25) is 4.21 Å². The number of rotatable bonds is 5. The maximum Gasteiger partial charge on any atom is 0.148 e. The first-order chi connectivity index (χ1) is 7.11. The van der Waals surface area contributed by atoms with Gasteiger partial charge in [-0.2, -0.15) is 0 Å². The number of halogens is 2. The van der Waals surface area contributed by atoms with Crippen LogP contribution in [-0.2, 0) is 10.8 Å². The molecule has 1 rings (SSSR count). The quantitative estimate of drug-likeness (QED) is 0.668. The van der Waals surface area contributed by atoms with Gasteiger partial charge in [-0.25, -0.2) is 9.97 Å². The van der Waals surface area contributed by atoms with Crippen LogP contribution in [-0.4, -0.2) is 32.7 Å². The third-order valence-corrected chi connectivity index (χ3v) is 3.78. The predicted molar refractivity (Wildman–Crippen MR) is 66.8 cm³/mol. The molecular formula is C8H11BrClN3OS. The van der Waals surface area contributed by atoms with Crippen molar-refractivity contribution in [3.63, 3.8) is 0 Å². The van der Waals surface area contributed by atoms with Gasteiger partial charge < -0.3 is 5.32 Å². The number of anilines is 1. The van der Waals surface area contributed by atoms with Crippen LogP contribution in [0.15, 0.2) is 10.8 Å². The Hall–Kier alpha value is -0.200. The van der Waals surface area contributed by atoms with Crippen molar-refractivity contribution in [2.75, 3.05) is 23.9 Å². The van der Waals surface area contributed by atoms with Gasteiger partial charge in [0.2, 0.25) is 0 Å². The first-order valence-electron chi connectivity index (χ1n) is 4.31. The highest BCUT2D eigenvalue weighted by Gasteiger charge is 2.05. The molecule has 1 aromatic heterocycles. The van der Waals surface area contributed by atoms with E-state index in [0.29, 0.717) is 27.7 Å². The second-order valence-electron chi connectivity index (χ2n) is 2.88. The third-order valence-electron chi connectivity index (χ3n) is 1.65. The van der Waals surface area contributed by atoms with E-state index in [-0.39, 0.29) is 0 Å². The lowest BCUT2D eigenvalue weighted by atomic mass is 10.4. The van der Waals surface area contributed by atoms with Crippen LogP contribution in [0.25, 0.3) is 0 Å². The van der Waals surface area contributed by atoms with Crippen molar-refractivity contribution < 1.29 is 4.21 Å². The Morgan fingerprint density at radius 3 is 3.00 bits per heavy atom. The Balaban J connectivity index is 2.44. The highest BCUT2D eigenvalue weighted by atomic mass is 79.9. The maximum atomic E-state index is 10.8. The van der Waals surface area contributed by atoms with Crippen molar-refractivity contribution in [2.24, 2.45) is 0 Å². The van der Waals surface area contributed by atoms with Crippen LogP contribution >= 0.6 is 27.5 Å². The van der Waals surface area contributed by atoms with Crippen LogP contribution in [0.3, 0.4) is 0 Å². The molecule has 0 aliphatic carbocycles. The van der Waals surface area contributed by atoms with Gasteiger partial charge in [0, 0.05) is 29.4 Å². The van der Waals surface area contributed by atoms with Crippen LogP contribution in [0.4, 0.5) is 5.82 Å². The maximum absolute atomic E-state index is 10.8. The molecule has 0 bridgehead atoms. The van der Waals surface area contributed by atoms with E-state index in [4.69, 9.17) is 11.6 Å². The minimum Gasteiger partial charge on any atom is -0.369 e. The molecule has 84 valence electrons. The molecule has 0 fully saturated rings. The molecule has 0 saturated heterocycles. The lowest BCUT2D eigenvalue weighted by molar-refractivity contribution is 0.685. The molecule has 4 nitrogen and oxygen atoms in total. The predicted octanol–water partition coefficient (Wildman–Crippen LogP) is 2.07. The van der Waals surface area contributed by atoms with E-state index in [2.05, 4.69) is 31.2 Å². The number of hydrogen-bond acceptors (Lipinski definition) is 4. The summed E-state index contributed by atoms with van der Waals surface area (Å²) in [6.07, 6.45) is 3.92. The summed E-state index contributed by atoms with van der Waals surface area (Å²) in [4.78, 5) is 7.84. The number of hydrogen-bond donors (Lipinski definition) is 1. The lowest BCUT2D eigenvalue weighted by Gasteiger charge is -2.06. The first kappa shape index (κ1) is 12.9. The van der Waals surface area contributed by atoms with E-state index in [9.17, 15) is 4.21 Å². The Kier molecular flexibility index (Phi) is 5.49. The second kappa shape index (κ2) is 6.40. The molecule has 1 unspecified atom stereocenters. The summed E-state index contributed by atoms with van der Waals surface area (Å²) in [5.74, 6) is 1.35. The molecule has 1 heterocycles. The molecule has 0 amide bonds. The highest BCUT2D eigenvalue weighted by Crippen LogP contribution is 2.25. The van der Waals surface area contributed by atoms with E-state index >= 15 is 0 Å². The van der Waals surface area contributed by atoms with Crippen molar-refractivity contribution in [1.82, 2.24) is 9.97 Å². The van der Waals surface area contributed by atoms with E-state index in [0.717, 1.165) is 6.42 Å². The molecule has 0 aromatic carbocycles. The lowest BCUT2D eigenvalue weighted by Crippen LogP contribution is -2.08. The van der Waals surface area contributed by atoms with E-state index in [1.807, 2.05) is 0 Å². The molecule has 1 aromatic rings. The molecule has 1 N–H and O–H groups in total. The molecule has 15 heavy (non-hydrogen) atoms. The summed E-state index contributed by atoms with van der Waals surface area (Å²) in [6, 6.07) is 0. The van der Waals surface area contributed by atoms with Gasteiger partial charge in [-0.05, 0) is 22.4 Å². The second-order valence-corrected chi connectivity index (χ2v) is 5.59. The molecule has 1 atom stereocenters. The van der Waals surface area contributed by atoms with Gasteiger partial charge in [0.15, 0.2) is 0 Å². The van der Waals surface area contributed by atoms with Crippen LogP contribution in [0.2, 0.25) is 5.15 Å². The smallest absolute Gasteiger partial charge is 0.148 e. The van der Waals surface area contributed by atoms with Crippen LogP contribution < -0.4 is 5.32 Å². The summed E-state index contributed by atoms with van der Waals surface area (Å²) < 4.78 is 11.5. The third kappa shape index (κ3) is 4.44. The van der Waals surface area contributed by atoms with Gasteiger partial charge in [-0.1, -0.05) is 11.6 Å². The topological polar surface area (TPSA) is 54.9 Å². The largest absolute Gasteiger partial charge is 0.369 e. The molecule has 0 aliphatic heterocycles. The summed E-state index contributed by atoms with van der Waals surface area (Å²) >= 11 is 9.07. The molecular weight excluding hydrogens is 302 g/mol. The number of nitrogens with one attached hydrogen (secondary N) is 1. The standard InChI is InChI=1S/C8H11BrClN3OS/c1-15(14)4-2-3-11-8-6(9)7(10)12-5-13-8/h5H,2-4H2,1H3,(H,11,12,13). The fraction of sp³-hybridized carbons (Fsp3) is 0.500. The Labute approximate surface area is 104 Å². The van der Waals surface area contributed by atoms with Crippen LogP contribution in [0.1, 0.15) is 6.42 Å². The fourth-order valence-corrected chi connectivity index (χ4v) is 1.98. The zero-order chi connectivity index (χ0) is 11.3. The first-order valence-corrected chi connectivity index (χ1v) is 7.21. The van der Waals surface area contributed by atoms with Gasteiger partial charge in [0.1, 0.15) is 17.3 Å². The SMILES string of the molecule is CS(=O)CCCNc1ncnc(Cl)c1Br. The Morgan fingerprint density at radius 1 is 1.60 bits per heavy atom. The number of aromatic nitrogens is 2. The summed E-state index contributed by atoms with van der Waals surface area (Å²) in [5.41, 5.74) is 0. The molecule has 0 spiro atoms. The minimum atomic E-state index is -0.744. The highest BCUT2D eigenvalue weighted by molar-refractivity contribution is 9.10. The summed E-state index contributed by atoms with van der Waals surface area (Å²) in [6.45, 7) is 0.714. The summed E-state index contributed by atoms with van der Waals surface area (Å²) in [5, 5.41) is 3.47. The molecule has 0 aliphatic rings. The number of nitrogens with zero attached hydrogens (tertiary/aromatic N) is 2. The van der Waals surface area contributed by atoms with Crippen molar-refractivity contribution in [2.45, 2.75) is 6.42 Å². The fourth-order valence-electron chi connectivity index (χ4n) is 0.954. The average Bonchev–Trinajstić information content (AvgIpc) is 2.18. The van der Waals surface area contributed by atoms with Gasteiger partial charge >= 0.3 is 0 Å². The minimum absolute atomic E-state index is 0.381. The normalized spacial score (nSPS) is 12.5. The Morgan fingerprint density at radius 2 is 2.33 bits per heavy atom. The molecule has 7 heteroatoms. The van der Waals surface area contributed by atoms with Crippen LogP contribution in [0, 0.1) is 0 Å².